The van der Waals surface area contributed by atoms with Crippen LogP contribution in [0.2, 0.25) is 0 Å². The van der Waals surface area contributed by atoms with E-state index in [1.807, 2.05) is 44.2 Å². The van der Waals surface area contributed by atoms with Gasteiger partial charge in [-0.2, -0.15) is 0 Å². The first-order chi connectivity index (χ1) is 19.1. The van der Waals surface area contributed by atoms with Crippen LogP contribution >= 0.6 is 0 Å². The fraction of sp³-hybridized carbons (Fsp3) is 0.333. The van der Waals surface area contributed by atoms with Crippen LogP contribution in [0.3, 0.4) is 0 Å². The Bertz CT molecular complexity index is 1380. The lowest BCUT2D eigenvalue weighted by Crippen LogP contribution is -2.51. The van der Waals surface area contributed by atoms with Gasteiger partial charge < -0.3 is 19.7 Å². The summed E-state index contributed by atoms with van der Waals surface area (Å²) in [5.74, 6) is 0.0944. The summed E-state index contributed by atoms with van der Waals surface area (Å²) in [6, 6.07) is 20.9. The third-order valence-corrected chi connectivity index (χ3v) is 8.10. The third-order valence-electron chi connectivity index (χ3n) is 6.31. The van der Waals surface area contributed by atoms with Gasteiger partial charge in [0.25, 0.3) is 10.0 Å². The second-order valence-electron chi connectivity index (χ2n) is 9.69. The lowest BCUT2D eigenvalue weighted by atomic mass is 10.1. The number of benzene rings is 3. The molecule has 0 spiro atoms. The van der Waals surface area contributed by atoms with E-state index in [0.717, 1.165) is 9.87 Å². The molecule has 2 amide bonds. The Morgan fingerprint density at radius 1 is 0.850 bits per heavy atom. The van der Waals surface area contributed by atoms with E-state index in [-0.39, 0.29) is 29.0 Å². The lowest BCUT2D eigenvalue weighted by Gasteiger charge is -2.32. The molecule has 0 radical (unpaired) electrons. The number of carbonyl (C=O) groups excluding carboxylic acids is 2. The van der Waals surface area contributed by atoms with Crippen LogP contribution in [0.15, 0.2) is 83.8 Å². The molecular weight excluding hydrogens is 530 g/mol. The first-order valence-electron chi connectivity index (χ1n) is 13.0. The molecule has 0 aliphatic rings. The maximum Gasteiger partial charge on any atom is 0.264 e. The zero-order valence-corrected chi connectivity index (χ0v) is 24.4. The summed E-state index contributed by atoms with van der Waals surface area (Å²) < 4.78 is 39.5. The number of amides is 2. The number of rotatable bonds is 13. The van der Waals surface area contributed by atoms with Crippen molar-refractivity contribution in [3.05, 3.63) is 84.4 Å². The smallest absolute Gasteiger partial charge is 0.264 e. The first-order valence-corrected chi connectivity index (χ1v) is 14.4. The average Bonchev–Trinajstić information content (AvgIpc) is 2.97. The summed E-state index contributed by atoms with van der Waals surface area (Å²) in [6.45, 7) is 5.64. The Balaban J connectivity index is 2.04. The largest absolute Gasteiger partial charge is 0.493 e. The van der Waals surface area contributed by atoms with Crippen LogP contribution in [-0.4, -0.2) is 58.5 Å². The molecular formula is C30H37N3O6S. The van der Waals surface area contributed by atoms with Crippen molar-refractivity contribution in [2.45, 2.75) is 38.3 Å². The van der Waals surface area contributed by atoms with Crippen LogP contribution in [-0.2, 0) is 26.2 Å². The molecule has 3 aromatic rings. The van der Waals surface area contributed by atoms with Gasteiger partial charge >= 0.3 is 0 Å². The molecule has 1 unspecified atom stereocenters. The van der Waals surface area contributed by atoms with Crippen molar-refractivity contribution in [1.29, 1.82) is 0 Å². The Labute approximate surface area is 236 Å². The fourth-order valence-corrected chi connectivity index (χ4v) is 5.47. The number of hydrogen-bond donors (Lipinski definition) is 1. The molecule has 0 saturated heterocycles. The Morgan fingerprint density at radius 2 is 1.45 bits per heavy atom. The van der Waals surface area contributed by atoms with Gasteiger partial charge in [0.05, 0.1) is 24.8 Å². The number of nitrogens with one attached hydrogen (secondary N) is 1. The van der Waals surface area contributed by atoms with E-state index in [4.69, 9.17) is 9.47 Å². The quantitative estimate of drug-likeness (QED) is 0.334. The van der Waals surface area contributed by atoms with Crippen LogP contribution in [0.25, 0.3) is 0 Å². The highest BCUT2D eigenvalue weighted by Gasteiger charge is 2.33. The number of carbonyl (C=O) groups is 2. The Hall–Kier alpha value is -4.05. The molecule has 0 heterocycles. The SMILES string of the molecule is COc1ccc(N(CC(=O)N(Cc2ccccc2)C(C)C(=O)NCC(C)C)S(=O)(=O)c2ccccc2)cc1OC. The third kappa shape index (κ3) is 7.53. The van der Waals surface area contributed by atoms with E-state index >= 15 is 0 Å². The lowest BCUT2D eigenvalue weighted by molar-refractivity contribution is -0.139. The molecule has 3 rings (SSSR count). The van der Waals surface area contributed by atoms with Crippen LogP contribution in [0.1, 0.15) is 26.3 Å². The molecule has 0 aliphatic heterocycles. The van der Waals surface area contributed by atoms with Crippen LogP contribution in [0.4, 0.5) is 5.69 Å². The zero-order chi connectivity index (χ0) is 29.3. The standard InChI is InChI=1S/C30H37N3O6S/c1-22(2)19-31-30(35)23(3)32(20-24-12-8-6-9-13-24)29(34)21-33(40(36,37)26-14-10-7-11-15-26)25-16-17-27(38-4)28(18-25)39-5/h6-18,22-23H,19-21H2,1-5H3,(H,31,35). The van der Waals surface area contributed by atoms with E-state index in [2.05, 4.69) is 5.32 Å². The maximum atomic E-state index is 14.0. The Morgan fingerprint density at radius 3 is 2.02 bits per heavy atom. The minimum Gasteiger partial charge on any atom is -0.493 e. The van der Waals surface area contributed by atoms with Gasteiger partial charge in [-0.3, -0.25) is 13.9 Å². The van der Waals surface area contributed by atoms with Gasteiger partial charge in [-0.1, -0.05) is 62.4 Å². The normalized spacial score (nSPS) is 11.9. The van der Waals surface area contributed by atoms with Crippen LogP contribution in [0, 0.1) is 5.92 Å². The van der Waals surface area contributed by atoms with Crippen molar-refractivity contribution in [3.8, 4) is 11.5 Å². The number of hydrogen-bond acceptors (Lipinski definition) is 6. The predicted octanol–water partition coefficient (Wildman–Crippen LogP) is 4.09. The van der Waals surface area contributed by atoms with Crippen LogP contribution in [0.5, 0.6) is 11.5 Å². The van der Waals surface area contributed by atoms with Gasteiger partial charge in [0.2, 0.25) is 11.8 Å². The topological polar surface area (TPSA) is 105 Å². The second kappa shape index (κ2) is 13.8. The van der Waals surface area contributed by atoms with E-state index in [9.17, 15) is 18.0 Å². The second-order valence-corrected chi connectivity index (χ2v) is 11.5. The highest BCUT2D eigenvalue weighted by molar-refractivity contribution is 7.92. The highest BCUT2D eigenvalue weighted by Crippen LogP contribution is 2.34. The minimum absolute atomic E-state index is 0.0231. The number of methoxy groups -OCH3 is 2. The first kappa shape index (κ1) is 30.5. The Kier molecular flexibility index (Phi) is 10.6. The van der Waals surface area contributed by atoms with Gasteiger partial charge in [-0.25, -0.2) is 8.42 Å². The molecule has 3 aromatic carbocycles. The molecule has 214 valence electrons. The fourth-order valence-electron chi connectivity index (χ4n) is 4.04. The van der Waals surface area contributed by atoms with Crippen molar-refractivity contribution in [2.24, 2.45) is 5.92 Å². The van der Waals surface area contributed by atoms with Crippen molar-refractivity contribution < 1.29 is 27.5 Å². The van der Waals surface area contributed by atoms with Gasteiger partial charge in [-0.05, 0) is 42.7 Å². The molecule has 0 aromatic heterocycles. The predicted molar refractivity (Wildman–Crippen MR) is 155 cm³/mol. The van der Waals surface area contributed by atoms with Crippen molar-refractivity contribution in [1.82, 2.24) is 10.2 Å². The molecule has 0 saturated carbocycles. The monoisotopic (exact) mass is 567 g/mol. The van der Waals surface area contributed by atoms with Crippen molar-refractivity contribution in [2.75, 3.05) is 31.6 Å². The molecule has 0 aliphatic carbocycles. The highest BCUT2D eigenvalue weighted by atomic mass is 32.2. The van der Waals surface area contributed by atoms with Crippen molar-refractivity contribution >= 4 is 27.5 Å². The number of nitrogens with zero attached hydrogens (tertiary/aromatic N) is 2. The summed E-state index contributed by atoms with van der Waals surface area (Å²) in [5.41, 5.74) is 1.02. The molecule has 0 bridgehead atoms. The van der Waals surface area contributed by atoms with E-state index in [1.54, 1.807) is 37.3 Å². The summed E-state index contributed by atoms with van der Waals surface area (Å²) in [6.07, 6.45) is 0. The molecule has 1 atom stereocenters. The van der Waals surface area contributed by atoms with E-state index in [1.165, 1.54) is 37.3 Å². The molecule has 40 heavy (non-hydrogen) atoms. The van der Waals surface area contributed by atoms with E-state index in [0.29, 0.717) is 18.0 Å². The molecule has 9 nitrogen and oxygen atoms in total. The number of sulfonamides is 1. The summed E-state index contributed by atoms with van der Waals surface area (Å²) in [7, 11) is -1.25. The molecule has 1 N–H and O–H groups in total. The van der Waals surface area contributed by atoms with Crippen molar-refractivity contribution in [3.63, 3.8) is 0 Å². The van der Waals surface area contributed by atoms with Crippen LogP contribution < -0.4 is 19.1 Å². The molecule has 10 heteroatoms. The summed E-state index contributed by atoms with van der Waals surface area (Å²) >= 11 is 0. The van der Waals surface area contributed by atoms with Gasteiger partial charge in [-0.15, -0.1) is 0 Å². The van der Waals surface area contributed by atoms with Gasteiger partial charge in [0.15, 0.2) is 11.5 Å². The summed E-state index contributed by atoms with van der Waals surface area (Å²) in [4.78, 5) is 28.4. The minimum atomic E-state index is -4.18. The maximum absolute atomic E-state index is 14.0. The number of anilines is 1. The average molecular weight is 568 g/mol. The number of ether oxygens (including phenoxy) is 2. The van der Waals surface area contributed by atoms with E-state index < -0.39 is 28.5 Å². The summed E-state index contributed by atoms with van der Waals surface area (Å²) in [5, 5.41) is 2.88. The van der Waals surface area contributed by atoms with Gasteiger partial charge in [0.1, 0.15) is 12.6 Å². The zero-order valence-electron chi connectivity index (χ0n) is 23.5. The molecule has 0 fully saturated rings. The van der Waals surface area contributed by atoms with Gasteiger partial charge in [0, 0.05) is 19.2 Å².